The summed E-state index contributed by atoms with van der Waals surface area (Å²) in [5.41, 5.74) is 2.06. The summed E-state index contributed by atoms with van der Waals surface area (Å²) >= 11 is 0. The number of allylic oxidation sites excluding steroid dienone is 1. The van der Waals surface area contributed by atoms with Gasteiger partial charge in [-0.3, -0.25) is 0 Å². The summed E-state index contributed by atoms with van der Waals surface area (Å²) in [7, 11) is 0. The van der Waals surface area contributed by atoms with Crippen LogP contribution in [-0.2, 0) is 9.53 Å². The molecule has 0 rings (SSSR count). The Morgan fingerprint density at radius 3 is 2.25 bits per heavy atom. The predicted octanol–water partition coefficient (Wildman–Crippen LogP) is 4.25. The van der Waals surface area contributed by atoms with Crippen LogP contribution in [0.1, 0.15) is 66.2 Å². The minimum Gasteiger partial charge on any atom is -0.462 e. The molecule has 16 heavy (non-hydrogen) atoms. The summed E-state index contributed by atoms with van der Waals surface area (Å²) in [6.07, 6.45) is 6.03. The third-order valence-corrected chi connectivity index (χ3v) is 2.77. The second-order valence-electron chi connectivity index (χ2n) is 4.21. The third-order valence-electron chi connectivity index (χ3n) is 2.77. The molecule has 0 spiro atoms. The molecule has 0 saturated carbocycles. The number of esters is 1. The number of carbonyl (C=O) groups excluding carboxylic acids is 1. The van der Waals surface area contributed by atoms with E-state index in [-0.39, 0.29) is 5.97 Å². The number of rotatable bonds is 8. The topological polar surface area (TPSA) is 26.3 Å². The van der Waals surface area contributed by atoms with E-state index < -0.39 is 0 Å². The van der Waals surface area contributed by atoms with Gasteiger partial charge < -0.3 is 4.74 Å². The van der Waals surface area contributed by atoms with E-state index in [1.165, 1.54) is 5.57 Å². The van der Waals surface area contributed by atoms with Gasteiger partial charge in [-0.2, -0.15) is 0 Å². The lowest BCUT2D eigenvalue weighted by atomic mass is 10.0. The molecule has 94 valence electrons. The average molecular weight is 226 g/mol. The molecule has 0 amide bonds. The van der Waals surface area contributed by atoms with Crippen LogP contribution in [0.15, 0.2) is 11.1 Å². The van der Waals surface area contributed by atoms with E-state index in [4.69, 9.17) is 4.74 Å². The fourth-order valence-electron chi connectivity index (χ4n) is 1.56. The Kier molecular flexibility index (Phi) is 8.97. The molecule has 0 aromatic carbocycles. The van der Waals surface area contributed by atoms with Gasteiger partial charge in [-0.1, -0.05) is 45.6 Å². The summed E-state index contributed by atoms with van der Waals surface area (Å²) in [4.78, 5) is 11.8. The van der Waals surface area contributed by atoms with Crippen LogP contribution in [-0.4, -0.2) is 12.6 Å². The van der Waals surface area contributed by atoms with Gasteiger partial charge in [0.05, 0.1) is 6.61 Å². The van der Waals surface area contributed by atoms with Gasteiger partial charge in [0, 0.05) is 5.57 Å². The van der Waals surface area contributed by atoms with Gasteiger partial charge in [0.1, 0.15) is 0 Å². The molecule has 0 bridgehead atoms. The fraction of sp³-hybridized carbons (Fsp3) is 0.786. The Labute approximate surface area is 100 Å². The zero-order valence-corrected chi connectivity index (χ0v) is 11.3. The van der Waals surface area contributed by atoms with E-state index in [2.05, 4.69) is 20.8 Å². The number of carbonyl (C=O) groups is 1. The molecule has 0 atom stereocenters. The zero-order valence-electron chi connectivity index (χ0n) is 11.3. The van der Waals surface area contributed by atoms with E-state index >= 15 is 0 Å². The lowest BCUT2D eigenvalue weighted by Crippen LogP contribution is -2.10. The fourth-order valence-corrected chi connectivity index (χ4v) is 1.56. The van der Waals surface area contributed by atoms with Gasteiger partial charge in [0.25, 0.3) is 0 Å². The lowest BCUT2D eigenvalue weighted by Gasteiger charge is -2.10. The predicted molar refractivity (Wildman–Crippen MR) is 68.4 cm³/mol. The molecule has 0 radical (unpaired) electrons. The van der Waals surface area contributed by atoms with Crippen molar-refractivity contribution in [3.05, 3.63) is 11.1 Å². The van der Waals surface area contributed by atoms with E-state index in [9.17, 15) is 4.79 Å². The summed E-state index contributed by atoms with van der Waals surface area (Å²) in [5, 5.41) is 0. The third kappa shape index (κ3) is 5.94. The first-order valence-electron chi connectivity index (χ1n) is 6.53. The molecule has 2 heteroatoms. The molecule has 0 unspecified atom stereocenters. The summed E-state index contributed by atoms with van der Waals surface area (Å²) in [5.74, 6) is -0.0997. The highest BCUT2D eigenvalue weighted by Crippen LogP contribution is 2.15. The molecule has 2 nitrogen and oxygen atoms in total. The van der Waals surface area contributed by atoms with Crippen molar-refractivity contribution in [3.8, 4) is 0 Å². The van der Waals surface area contributed by atoms with Crippen LogP contribution in [0.4, 0.5) is 0 Å². The second kappa shape index (κ2) is 9.44. The molecule has 0 aromatic rings. The van der Waals surface area contributed by atoms with Crippen molar-refractivity contribution in [2.45, 2.75) is 66.2 Å². The molecule has 0 fully saturated rings. The maximum atomic E-state index is 11.8. The number of unbranched alkanes of at least 4 members (excludes halogenated alkanes) is 2. The van der Waals surface area contributed by atoms with Gasteiger partial charge in [-0.05, 0) is 26.2 Å². The Hall–Kier alpha value is -0.790. The highest BCUT2D eigenvalue weighted by atomic mass is 16.5. The van der Waals surface area contributed by atoms with Crippen LogP contribution >= 0.6 is 0 Å². The van der Waals surface area contributed by atoms with Crippen LogP contribution in [0, 0.1) is 0 Å². The normalized spacial score (nSPS) is 12.2. The SMILES string of the molecule is CCCCCOC(=O)/C(CCC)=C(\C)CC. The van der Waals surface area contributed by atoms with Crippen LogP contribution in [0.2, 0.25) is 0 Å². The van der Waals surface area contributed by atoms with Crippen molar-refractivity contribution in [1.82, 2.24) is 0 Å². The largest absolute Gasteiger partial charge is 0.462 e. The maximum absolute atomic E-state index is 11.8. The van der Waals surface area contributed by atoms with E-state index in [0.29, 0.717) is 6.61 Å². The Morgan fingerprint density at radius 2 is 1.75 bits per heavy atom. The molecule has 0 N–H and O–H groups in total. The van der Waals surface area contributed by atoms with Gasteiger partial charge in [-0.25, -0.2) is 4.79 Å². The highest BCUT2D eigenvalue weighted by molar-refractivity contribution is 5.89. The van der Waals surface area contributed by atoms with Crippen molar-refractivity contribution >= 4 is 5.97 Å². The minimum atomic E-state index is -0.0997. The van der Waals surface area contributed by atoms with Gasteiger partial charge in [-0.15, -0.1) is 0 Å². The molecule has 0 aromatic heterocycles. The van der Waals surface area contributed by atoms with Crippen molar-refractivity contribution < 1.29 is 9.53 Å². The molecular formula is C14H26O2. The van der Waals surface area contributed by atoms with E-state index in [1.807, 2.05) is 6.92 Å². The van der Waals surface area contributed by atoms with Crippen LogP contribution in [0.3, 0.4) is 0 Å². The first-order chi connectivity index (χ1) is 7.67. The van der Waals surface area contributed by atoms with Crippen LogP contribution in [0.5, 0.6) is 0 Å². The van der Waals surface area contributed by atoms with E-state index in [0.717, 1.165) is 44.1 Å². The first-order valence-corrected chi connectivity index (χ1v) is 6.53. The van der Waals surface area contributed by atoms with Crippen LogP contribution < -0.4 is 0 Å². The molecule has 0 saturated heterocycles. The van der Waals surface area contributed by atoms with Gasteiger partial charge >= 0.3 is 5.97 Å². The van der Waals surface area contributed by atoms with Crippen molar-refractivity contribution in [3.63, 3.8) is 0 Å². The molecule has 0 aliphatic rings. The Balaban J connectivity index is 4.19. The standard InChI is InChI=1S/C14H26O2/c1-5-8-9-11-16-14(15)13(10-6-2)12(4)7-3/h5-11H2,1-4H3/b13-12+. The number of hydrogen-bond donors (Lipinski definition) is 0. The molecular weight excluding hydrogens is 200 g/mol. The average Bonchev–Trinajstić information content (AvgIpc) is 2.30. The van der Waals surface area contributed by atoms with Crippen molar-refractivity contribution in [2.75, 3.05) is 6.61 Å². The summed E-state index contributed by atoms with van der Waals surface area (Å²) in [6, 6.07) is 0. The first kappa shape index (κ1) is 15.2. The monoisotopic (exact) mass is 226 g/mol. The Morgan fingerprint density at radius 1 is 1.06 bits per heavy atom. The zero-order chi connectivity index (χ0) is 12.4. The minimum absolute atomic E-state index is 0.0997. The van der Waals surface area contributed by atoms with Gasteiger partial charge in [0.15, 0.2) is 0 Å². The summed E-state index contributed by atoms with van der Waals surface area (Å²) in [6.45, 7) is 8.91. The second-order valence-corrected chi connectivity index (χ2v) is 4.21. The quantitative estimate of drug-likeness (QED) is 0.351. The summed E-state index contributed by atoms with van der Waals surface area (Å²) < 4.78 is 5.28. The molecule has 0 aliphatic heterocycles. The van der Waals surface area contributed by atoms with Crippen LogP contribution in [0.25, 0.3) is 0 Å². The van der Waals surface area contributed by atoms with Crippen molar-refractivity contribution in [2.24, 2.45) is 0 Å². The molecule has 0 aliphatic carbocycles. The van der Waals surface area contributed by atoms with Gasteiger partial charge in [0.2, 0.25) is 0 Å². The molecule has 0 heterocycles. The number of hydrogen-bond acceptors (Lipinski definition) is 2. The highest BCUT2D eigenvalue weighted by Gasteiger charge is 2.12. The Bertz CT molecular complexity index is 229. The number of ether oxygens (including phenoxy) is 1. The maximum Gasteiger partial charge on any atom is 0.333 e. The lowest BCUT2D eigenvalue weighted by molar-refractivity contribution is -0.139. The smallest absolute Gasteiger partial charge is 0.333 e. The van der Waals surface area contributed by atoms with E-state index in [1.54, 1.807) is 0 Å². The van der Waals surface area contributed by atoms with Crippen molar-refractivity contribution in [1.29, 1.82) is 0 Å².